The van der Waals surface area contributed by atoms with Crippen molar-refractivity contribution in [1.82, 2.24) is 20.4 Å². The number of nitrogens with zero attached hydrogens (tertiary/aromatic N) is 2. The molecule has 1 atom stereocenters. The van der Waals surface area contributed by atoms with E-state index in [0.717, 1.165) is 29.9 Å². The first-order valence-corrected chi connectivity index (χ1v) is 9.78. The van der Waals surface area contributed by atoms with Crippen LogP contribution in [0.2, 0.25) is 0 Å². The van der Waals surface area contributed by atoms with Crippen molar-refractivity contribution < 1.29 is 9.59 Å². The van der Waals surface area contributed by atoms with Crippen LogP contribution in [0.3, 0.4) is 0 Å². The molecule has 1 aromatic heterocycles. The molecule has 28 heavy (non-hydrogen) atoms. The van der Waals surface area contributed by atoms with Crippen molar-refractivity contribution in [2.75, 3.05) is 6.54 Å². The van der Waals surface area contributed by atoms with Gasteiger partial charge in [0.1, 0.15) is 6.04 Å². The number of aryl methyl sites for hydroxylation is 3. The Morgan fingerprint density at radius 1 is 1.14 bits per heavy atom. The molecule has 6 nitrogen and oxygen atoms in total. The lowest BCUT2D eigenvalue weighted by Gasteiger charge is -2.19. The summed E-state index contributed by atoms with van der Waals surface area (Å²) in [6, 6.07) is 8.95. The van der Waals surface area contributed by atoms with Gasteiger partial charge in [0.25, 0.3) is 5.91 Å². The molecule has 2 rings (SSSR count). The van der Waals surface area contributed by atoms with Crippen LogP contribution in [-0.4, -0.2) is 34.2 Å². The zero-order valence-corrected chi connectivity index (χ0v) is 17.8. The normalized spacial score (nSPS) is 12.5. The molecule has 0 aliphatic rings. The summed E-state index contributed by atoms with van der Waals surface area (Å²) in [5.41, 5.74) is 3.86. The lowest BCUT2D eigenvalue weighted by molar-refractivity contribution is -0.122. The zero-order chi connectivity index (χ0) is 20.9. The Labute approximate surface area is 167 Å². The van der Waals surface area contributed by atoms with Crippen LogP contribution in [0.1, 0.15) is 61.4 Å². The Kier molecular flexibility index (Phi) is 7.00. The highest BCUT2D eigenvalue weighted by molar-refractivity contribution is 5.97. The number of carbonyl (C=O) groups excluding carboxylic acids is 2. The predicted molar refractivity (Wildman–Crippen MR) is 111 cm³/mol. The van der Waals surface area contributed by atoms with Gasteiger partial charge in [-0.2, -0.15) is 5.10 Å². The van der Waals surface area contributed by atoms with E-state index in [0.29, 0.717) is 12.1 Å². The van der Waals surface area contributed by atoms with Crippen molar-refractivity contribution in [3.8, 4) is 0 Å². The average Bonchev–Trinajstić information content (AvgIpc) is 2.95. The highest BCUT2D eigenvalue weighted by atomic mass is 16.2. The number of nitrogens with one attached hydrogen (secondary N) is 2. The Morgan fingerprint density at radius 3 is 2.32 bits per heavy atom. The van der Waals surface area contributed by atoms with Gasteiger partial charge in [-0.3, -0.25) is 14.3 Å². The van der Waals surface area contributed by atoms with Crippen molar-refractivity contribution in [2.24, 2.45) is 0 Å². The number of hydrogen-bond donors (Lipinski definition) is 2. The number of aromatic nitrogens is 2. The van der Waals surface area contributed by atoms with E-state index < -0.39 is 6.04 Å². The van der Waals surface area contributed by atoms with Gasteiger partial charge >= 0.3 is 0 Å². The van der Waals surface area contributed by atoms with Crippen molar-refractivity contribution in [3.63, 3.8) is 0 Å². The molecular formula is C22H32N4O2. The van der Waals surface area contributed by atoms with Gasteiger partial charge in [-0.05, 0) is 56.4 Å². The lowest BCUT2D eigenvalue weighted by Crippen LogP contribution is -2.45. The minimum atomic E-state index is -0.594. The zero-order valence-electron chi connectivity index (χ0n) is 17.8. The maximum atomic E-state index is 12.4. The third-order valence-electron chi connectivity index (χ3n) is 4.70. The fraction of sp³-hybridized carbons (Fsp3) is 0.500. The van der Waals surface area contributed by atoms with Crippen molar-refractivity contribution in [1.29, 1.82) is 0 Å². The second-order valence-electron chi connectivity index (χ2n) is 8.32. The van der Waals surface area contributed by atoms with Crippen LogP contribution < -0.4 is 10.6 Å². The SMILES string of the molecule is Cc1cc(C)n(CCCNC(=O)[C@H](C)NC(=O)c2ccc(C(C)(C)C)cc2)n1. The Hall–Kier alpha value is -2.63. The molecule has 6 heteroatoms. The minimum Gasteiger partial charge on any atom is -0.354 e. The maximum Gasteiger partial charge on any atom is 0.251 e. The number of benzene rings is 1. The van der Waals surface area contributed by atoms with E-state index in [-0.39, 0.29) is 17.2 Å². The molecule has 0 unspecified atom stereocenters. The summed E-state index contributed by atoms with van der Waals surface area (Å²) >= 11 is 0. The van der Waals surface area contributed by atoms with Gasteiger partial charge in [0.05, 0.1) is 5.69 Å². The van der Waals surface area contributed by atoms with Crippen LogP contribution in [-0.2, 0) is 16.8 Å². The second kappa shape index (κ2) is 9.04. The molecular weight excluding hydrogens is 352 g/mol. The first-order chi connectivity index (χ1) is 13.1. The summed E-state index contributed by atoms with van der Waals surface area (Å²) in [4.78, 5) is 24.6. The summed E-state index contributed by atoms with van der Waals surface area (Å²) < 4.78 is 1.94. The quantitative estimate of drug-likeness (QED) is 0.720. The first kappa shape index (κ1) is 21.7. The monoisotopic (exact) mass is 384 g/mol. The predicted octanol–water partition coefficient (Wildman–Crippen LogP) is 3.12. The standard InChI is InChI=1S/C22H32N4O2/c1-15-14-16(2)26(25-15)13-7-12-23-20(27)17(3)24-21(28)18-8-10-19(11-9-18)22(4,5)6/h8-11,14,17H,7,12-13H2,1-6H3,(H,23,27)(H,24,28)/t17-/m0/s1. The topological polar surface area (TPSA) is 76.0 Å². The number of hydrogen-bond acceptors (Lipinski definition) is 3. The molecule has 0 spiro atoms. The van der Waals surface area contributed by atoms with Crippen LogP contribution in [0.15, 0.2) is 30.3 Å². The van der Waals surface area contributed by atoms with Crippen molar-refractivity contribution in [3.05, 3.63) is 52.8 Å². The fourth-order valence-corrected chi connectivity index (χ4v) is 2.96. The first-order valence-electron chi connectivity index (χ1n) is 9.78. The second-order valence-corrected chi connectivity index (χ2v) is 8.32. The van der Waals surface area contributed by atoms with E-state index in [1.807, 2.05) is 36.7 Å². The Balaban J connectivity index is 1.78. The van der Waals surface area contributed by atoms with Crippen LogP contribution in [0, 0.1) is 13.8 Å². The van der Waals surface area contributed by atoms with E-state index in [2.05, 4.69) is 36.5 Å². The summed E-state index contributed by atoms with van der Waals surface area (Å²) in [6.07, 6.45) is 0.780. The van der Waals surface area contributed by atoms with Gasteiger partial charge in [-0.15, -0.1) is 0 Å². The minimum absolute atomic E-state index is 0.0373. The fourth-order valence-electron chi connectivity index (χ4n) is 2.96. The molecule has 0 saturated heterocycles. The molecule has 2 N–H and O–H groups in total. The molecule has 0 aliphatic carbocycles. The van der Waals surface area contributed by atoms with E-state index in [1.165, 1.54) is 0 Å². The van der Waals surface area contributed by atoms with Crippen LogP contribution >= 0.6 is 0 Å². The lowest BCUT2D eigenvalue weighted by atomic mass is 9.86. The number of amides is 2. The number of rotatable bonds is 7. The van der Waals surface area contributed by atoms with E-state index in [9.17, 15) is 9.59 Å². The van der Waals surface area contributed by atoms with E-state index in [4.69, 9.17) is 0 Å². The average molecular weight is 385 g/mol. The molecule has 0 saturated carbocycles. The van der Waals surface area contributed by atoms with Crippen LogP contribution in [0.25, 0.3) is 0 Å². The molecule has 152 valence electrons. The van der Waals surface area contributed by atoms with Gasteiger partial charge in [0.2, 0.25) is 5.91 Å². The van der Waals surface area contributed by atoms with Crippen LogP contribution in [0.4, 0.5) is 0 Å². The summed E-state index contributed by atoms with van der Waals surface area (Å²) in [6.45, 7) is 13.3. The molecule has 0 fully saturated rings. The highest BCUT2D eigenvalue weighted by Gasteiger charge is 2.18. The molecule has 1 aromatic carbocycles. The summed E-state index contributed by atoms with van der Waals surface area (Å²) in [5, 5.41) is 10.0. The summed E-state index contributed by atoms with van der Waals surface area (Å²) in [5.74, 6) is -0.432. The Bertz CT molecular complexity index is 816. The van der Waals surface area contributed by atoms with Crippen molar-refractivity contribution >= 4 is 11.8 Å². The third kappa shape index (κ3) is 5.94. The molecule has 2 aromatic rings. The summed E-state index contributed by atoms with van der Waals surface area (Å²) in [7, 11) is 0. The van der Waals surface area contributed by atoms with E-state index in [1.54, 1.807) is 19.1 Å². The Morgan fingerprint density at radius 2 is 1.79 bits per heavy atom. The smallest absolute Gasteiger partial charge is 0.251 e. The molecule has 0 radical (unpaired) electrons. The maximum absolute atomic E-state index is 12.4. The van der Waals surface area contributed by atoms with Gasteiger partial charge in [0, 0.05) is 24.3 Å². The molecule has 2 amide bonds. The van der Waals surface area contributed by atoms with Gasteiger partial charge in [-0.25, -0.2) is 0 Å². The molecule has 1 heterocycles. The van der Waals surface area contributed by atoms with Gasteiger partial charge in [-0.1, -0.05) is 32.9 Å². The number of carbonyl (C=O) groups is 2. The molecule has 0 bridgehead atoms. The highest BCUT2D eigenvalue weighted by Crippen LogP contribution is 2.22. The third-order valence-corrected chi connectivity index (χ3v) is 4.70. The molecule has 0 aliphatic heterocycles. The van der Waals surface area contributed by atoms with Crippen LogP contribution in [0.5, 0.6) is 0 Å². The van der Waals surface area contributed by atoms with E-state index >= 15 is 0 Å². The van der Waals surface area contributed by atoms with Gasteiger partial charge in [0.15, 0.2) is 0 Å². The van der Waals surface area contributed by atoms with Crippen molar-refractivity contribution in [2.45, 2.75) is 66.0 Å². The van der Waals surface area contributed by atoms with Gasteiger partial charge < -0.3 is 10.6 Å². The largest absolute Gasteiger partial charge is 0.354 e.